The molecule has 5 aromatic carbocycles. The maximum atomic E-state index is 13.3. The highest BCUT2D eigenvalue weighted by molar-refractivity contribution is 6.08. The molecule has 0 saturated carbocycles. The summed E-state index contributed by atoms with van der Waals surface area (Å²) in [5.74, 6) is -0.221. The average Bonchev–Trinajstić information content (AvgIpc) is 3.32. The Morgan fingerprint density at radius 3 is 1.81 bits per heavy atom. The first-order valence-corrected chi connectivity index (χ1v) is 11.9. The minimum absolute atomic E-state index is 0.221. The van der Waals surface area contributed by atoms with Gasteiger partial charge in [0.15, 0.2) is 0 Å². The third-order valence-corrected chi connectivity index (χ3v) is 6.82. The second-order valence-electron chi connectivity index (χ2n) is 9.00. The first kappa shape index (κ1) is 20.6. The minimum atomic E-state index is -0.221. The molecule has 0 spiro atoms. The Balaban J connectivity index is 1.23. The van der Waals surface area contributed by atoms with Gasteiger partial charge in [-0.3, -0.25) is 0 Å². The number of furan rings is 1. The number of hydrogen-bond acceptors (Lipinski definition) is 2. The van der Waals surface area contributed by atoms with Crippen LogP contribution < -0.4 is 0 Å². The number of hydrogen-bond donors (Lipinski definition) is 0. The predicted molar refractivity (Wildman–Crippen MR) is 145 cm³/mol. The first-order valence-electron chi connectivity index (χ1n) is 11.9. The molecule has 0 bridgehead atoms. The molecule has 2 nitrogen and oxygen atoms in total. The van der Waals surface area contributed by atoms with Crippen molar-refractivity contribution >= 4 is 32.8 Å². The van der Waals surface area contributed by atoms with Crippen LogP contribution in [0.4, 0.5) is 4.39 Å². The van der Waals surface area contributed by atoms with E-state index in [1.165, 1.54) is 17.5 Å². The van der Waals surface area contributed by atoms with E-state index in [2.05, 4.69) is 83.8 Å². The second-order valence-corrected chi connectivity index (χ2v) is 9.00. The van der Waals surface area contributed by atoms with Crippen molar-refractivity contribution in [3.05, 3.63) is 127 Å². The van der Waals surface area contributed by atoms with Crippen molar-refractivity contribution in [1.29, 1.82) is 0 Å². The lowest BCUT2D eigenvalue weighted by molar-refractivity contribution is 0.628. The standard InChI is InChI=1S/C33H20FNO/c34-28-16-14-22(15-17-28)25-11-13-26-19-24(10-12-27(26)20-25)21-6-8-23(9-7-21)29-3-1-4-30-31-5-2-18-35-33(31)36-32(29)30/h1-20H. The fourth-order valence-corrected chi connectivity index (χ4v) is 4.95. The van der Waals surface area contributed by atoms with Crippen LogP contribution >= 0.6 is 0 Å². The summed E-state index contributed by atoms with van der Waals surface area (Å²) < 4.78 is 19.4. The lowest BCUT2D eigenvalue weighted by Crippen LogP contribution is -1.83. The van der Waals surface area contributed by atoms with E-state index >= 15 is 0 Å². The van der Waals surface area contributed by atoms with Gasteiger partial charge < -0.3 is 4.42 Å². The average molecular weight is 466 g/mol. The van der Waals surface area contributed by atoms with Gasteiger partial charge in [0.2, 0.25) is 5.71 Å². The van der Waals surface area contributed by atoms with Crippen molar-refractivity contribution < 1.29 is 8.81 Å². The van der Waals surface area contributed by atoms with E-state index in [1.54, 1.807) is 6.20 Å². The minimum Gasteiger partial charge on any atom is -0.437 e. The van der Waals surface area contributed by atoms with Crippen LogP contribution in [0.3, 0.4) is 0 Å². The van der Waals surface area contributed by atoms with Crippen LogP contribution in [0.2, 0.25) is 0 Å². The quantitative estimate of drug-likeness (QED) is 0.260. The summed E-state index contributed by atoms with van der Waals surface area (Å²) in [5, 5.41) is 4.43. The van der Waals surface area contributed by atoms with Crippen molar-refractivity contribution in [2.24, 2.45) is 0 Å². The summed E-state index contributed by atoms with van der Waals surface area (Å²) in [5.41, 5.74) is 8.09. The summed E-state index contributed by atoms with van der Waals surface area (Å²) in [4.78, 5) is 4.38. The molecule has 36 heavy (non-hydrogen) atoms. The maximum Gasteiger partial charge on any atom is 0.227 e. The fourth-order valence-electron chi connectivity index (χ4n) is 4.95. The molecule has 0 aliphatic heterocycles. The highest BCUT2D eigenvalue weighted by Crippen LogP contribution is 2.36. The predicted octanol–water partition coefficient (Wildman–Crippen LogP) is 9.27. The number of para-hydroxylation sites is 1. The highest BCUT2D eigenvalue weighted by Gasteiger charge is 2.12. The smallest absolute Gasteiger partial charge is 0.227 e. The molecule has 0 aliphatic carbocycles. The number of nitrogens with zero attached hydrogens (tertiary/aromatic N) is 1. The summed E-state index contributed by atoms with van der Waals surface area (Å²) in [7, 11) is 0. The van der Waals surface area contributed by atoms with Gasteiger partial charge in [0.25, 0.3) is 0 Å². The lowest BCUT2D eigenvalue weighted by atomic mass is 9.96. The van der Waals surface area contributed by atoms with Crippen LogP contribution in [-0.2, 0) is 0 Å². The van der Waals surface area contributed by atoms with Crippen LogP contribution in [0.25, 0.3) is 66.2 Å². The van der Waals surface area contributed by atoms with Crippen molar-refractivity contribution in [3.63, 3.8) is 0 Å². The van der Waals surface area contributed by atoms with Gasteiger partial charge in [0, 0.05) is 22.5 Å². The van der Waals surface area contributed by atoms with E-state index in [-0.39, 0.29) is 5.82 Å². The maximum absolute atomic E-state index is 13.3. The Labute approximate surface area is 207 Å². The van der Waals surface area contributed by atoms with Gasteiger partial charge in [-0.2, -0.15) is 0 Å². The third-order valence-electron chi connectivity index (χ3n) is 6.82. The van der Waals surface area contributed by atoms with Crippen molar-refractivity contribution in [3.8, 4) is 33.4 Å². The zero-order valence-corrected chi connectivity index (χ0v) is 19.3. The zero-order valence-electron chi connectivity index (χ0n) is 19.3. The molecule has 0 saturated heterocycles. The molecule has 0 amide bonds. The molecule has 2 heterocycles. The summed E-state index contributed by atoms with van der Waals surface area (Å²) in [6.07, 6.45) is 1.76. The van der Waals surface area contributed by atoms with Crippen molar-refractivity contribution in [2.75, 3.05) is 0 Å². The van der Waals surface area contributed by atoms with Crippen LogP contribution in [0.15, 0.2) is 126 Å². The third kappa shape index (κ3) is 3.45. The molecule has 0 N–H and O–H groups in total. The molecule has 0 radical (unpaired) electrons. The molecule has 3 heteroatoms. The van der Waals surface area contributed by atoms with Crippen LogP contribution in [0.5, 0.6) is 0 Å². The molecule has 2 aromatic heterocycles. The molecule has 0 aliphatic rings. The molecule has 0 atom stereocenters. The molecular weight excluding hydrogens is 445 g/mol. The van der Waals surface area contributed by atoms with E-state index in [9.17, 15) is 4.39 Å². The van der Waals surface area contributed by atoms with Crippen LogP contribution in [-0.4, -0.2) is 4.98 Å². The Morgan fingerprint density at radius 2 is 1.11 bits per heavy atom. The number of pyridine rings is 1. The Bertz CT molecular complexity index is 1880. The Hall–Kier alpha value is -4.76. The van der Waals surface area contributed by atoms with Crippen molar-refractivity contribution in [2.45, 2.75) is 0 Å². The Kier molecular flexibility index (Phi) is 4.68. The first-order chi connectivity index (χ1) is 17.7. The number of fused-ring (bicyclic) bond motifs is 4. The molecular formula is C33H20FNO. The van der Waals surface area contributed by atoms with Gasteiger partial charge in [0.1, 0.15) is 11.4 Å². The van der Waals surface area contributed by atoms with E-state index < -0.39 is 0 Å². The van der Waals surface area contributed by atoms with Gasteiger partial charge in [-0.25, -0.2) is 9.37 Å². The molecule has 170 valence electrons. The zero-order chi connectivity index (χ0) is 24.1. The van der Waals surface area contributed by atoms with Gasteiger partial charge in [-0.1, -0.05) is 78.9 Å². The normalized spacial score (nSPS) is 11.5. The largest absolute Gasteiger partial charge is 0.437 e. The van der Waals surface area contributed by atoms with Crippen LogP contribution in [0.1, 0.15) is 0 Å². The van der Waals surface area contributed by atoms with E-state index in [1.807, 2.05) is 24.3 Å². The Morgan fingerprint density at radius 1 is 0.528 bits per heavy atom. The summed E-state index contributed by atoms with van der Waals surface area (Å²) in [6.45, 7) is 0. The molecule has 0 unspecified atom stereocenters. The monoisotopic (exact) mass is 465 g/mol. The van der Waals surface area contributed by atoms with Gasteiger partial charge in [-0.15, -0.1) is 0 Å². The summed E-state index contributed by atoms with van der Waals surface area (Å²) in [6, 6.07) is 38.3. The lowest BCUT2D eigenvalue weighted by Gasteiger charge is -2.08. The fraction of sp³-hybridized carbons (Fsp3) is 0. The second kappa shape index (κ2) is 8.17. The SMILES string of the molecule is Fc1ccc(-c2ccc3cc(-c4ccc(-c5cccc6c5oc5ncccc56)cc4)ccc3c2)cc1. The van der Waals surface area contributed by atoms with Crippen molar-refractivity contribution in [1.82, 2.24) is 4.98 Å². The molecule has 7 aromatic rings. The number of benzene rings is 5. The van der Waals surface area contributed by atoms with Gasteiger partial charge in [-0.05, 0) is 75.0 Å². The van der Waals surface area contributed by atoms with Crippen LogP contribution in [0, 0.1) is 5.82 Å². The van der Waals surface area contributed by atoms with E-state index in [0.29, 0.717) is 5.71 Å². The van der Waals surface area contributed by atoms with Gasteiger partial charge in [0.05, 0.1) is 0 Å². The number of rotatable bonds is 3. The molecule has 7 rings (SSSR count). The van der Waals surface area contributed by atoms with E-state index in [0.717, 1.165) is 55.1 Å². The topological polar surface area (TPSA) is 26.0 Å². The van der Waals surface area contributed by atoms with E-state index in [4.69, 9.17) is 4.42 Å². The number of aromatic nitrogens is 1. The van der Waals surface area contributed by atoms with Gasteiger partial charge >= 0.3 is 0 Å². The number of halogens is 1. The summed E-state index contributed by atoms with van der Waals surface area (Å²) >= 11 is 0. The molecule has 0 fully saturated rings. The highest BCUT2D eigenvalue weighted by atomic mass is 19.1.